The van der Waals surface area contributed by atoms with Crippen molar-refractivity contribution in [3.8, 4) is 0 Å². The highest BCUT2D eigenvalue weighted by molar-refractivity contribution is 5.79. The lowest BCUT2D eigenvalue weighted by Crippen LogP contribution is -2.33. The van der Waals surface area contributed by atoms with Gasteiger partial charge in [0.15, 0.2) is 5.60 Å². The van der Waals surface area contributed by atoms with Gasteiger partial charge in [-0.3, -0.25) is 0 Å². The number of benzene rings is 2. The second kappa shape index (κ2) is 5.24. The van der Waals surface area contributed by atoms with Gasteiger partial charge in [-0.1, -0.05) is 54.6 Å². The van der Waals surface area contributed by atoms with Gasteiger partial charge in [0.25, 0.3) is 0 Å². The molecule has 0 radical (unpaired) electrons. The molecule has 0 saturated heterocycles. The number of carboxylic acid groups (broad SMARTS) is 1. The summed E-state index contributed by atoms with van der Waals surface area (Å²) < 4.78 is 0. The third-order valence-corrected chi connectivity index (χ3v) is 3.20. The maximum Gasteiger partial charge on any atom is 0.340 e. The Kier molecular flexibility index (Phi) is 3.67. The summed E-state index contributed by atoms with van der Waals surface area (Å²) in [5, 5.41) is 19.3. The molecule has 0 fully saturated rings. The Morgan fingerprint density at radius 3 is 2.26 bits per heavy atom. The number of rotatable bonds is 4. The van der Waals surface area contributed by atoms with Crippen LogP contribution in [0.4, 0.5) is 0 Å². The van der Waals surface area contributed by atoms with E-state index in [0.717, 1.165) is 11.1 Å². The van der Waals surface area contributed by atoms with Gasteiger partial charge >= 0.3 is 5.97 Å². The van der Waals surface area contributed by atoms with Crippen LogP contribution in [0.5, 0.6) is 0 Å². The van der Waals surface area contributed by atoms with E-state index in [9.17, 15) is 9.90 Å². The van der Waals surface area contributed by atoms with Crippen LogP contribution in [0, 0.1) is 0 Å². The molecular weight excluding hydrogens is 240 g/mol. The molecule has 0 amide bonds. The monoisotopic (exact) mass is 256 g/mol. The van der Waals surface area contributed by atoms with Gasteiger partial charge < -0.3 is 10.2 Å². The van der Waals surface area contributed by atoms with Crippen LogP contribution in [0.15, 0.2) is 54.6 Å². The lowest BCUT2D eigenvalue weighted by molar-refractivity contribution is -0.157. The average Bonchev–Trinajstić information content (AvgIpc) is 2.40. The third-order valence-electron chi connectivity index (χ3n) is 3.20. The Hall–Kier alpha value is -2.13. The van der Waals surface area contributed by atoms with Crippen LogP contribution in [0.2, 0.25) is 0 Å². The van der Waals surface area contributed by atoms with Crippen LogP contribution >= 0.6 is 0 Å². The van der Waals surface area contributed by atoms with Crippen LogP contribution in [-0.4, -0.2) is 16.2 Å². The van der Waals surface area contributed by atoms with Crippen molar-refractivity contribution in [2.45, 2.75) is 18.9 Å². The van der Waals surface area contributed by atoms with Crippen molar-refractivity contribution in [3.05, 3.63) is 71.3 Å². The summed E-state index contributed by atoms with van der Waals surface area (Å²) in [7, 11) is 0. The molecule has 98 valence electrons. The molecule has 0 aliphatic rings. The summed E-state index contributed by atoms with van der Waals surface area (Å²) in [5.41, 5.74) is 0.467. The molecule has 1 atom stereocenters. The van der Waals surface area contributed by atoms with Gasteiger partial charge in [-0.15, -0.1) is 0 Å². The fraction of sp³-hybridized carbons (Fsp3) is 0.188. The Morgan fingerprint density at radius 1 is 1.05 bits per heavy atom. The van der Waals surface area contributed by atoms with Gasteiger partial charge in [0.1, 0.15) is 0 Å². The molecule has 2 aromatic rings. The van der Waals surface area contributed by atoms with Crippen molar-refractivity contribution in [3.63, 3.8) is 0 Å². The third kappa shape index (κ3) is 2.83. The summed E-state index contributed by atoms with van der Waals surface area (Å²) in [6, 6.07) is 16.9. The lowest BCUT2D eigenvalue weighted by atomic mass is 9.89. The van der Waals surface area contributed by atoms with Crippen molar-refractivity contribution < 1.29 is 15.0 Å². The van der Waals surface area contributed by atoms with Crippen LogP contribution in [0.3, 0.4) is 0 Å². The molecule has 0 heterocycles. The summed E-state index contributed by atoms with van der Waals surface area (Å²) in [6.45, 7) is 1.30. The maximum atomic E-state index is 11.2. The smallest absolute Gasteiger partial charge is 0.340 e. The maximum absolute atomic E-state index is 11.2. The molecule has 0 aliphatic heterocycles. The fourth-order valence-corrected chi connectivity index (χ4v) is 2.08. The first kappa shape index (κ1) is 13.3. The first-order valence-electron chi connectivity index (χ1n) is 6.10. The predicted molar refractivity (Wildman–Crippen MR) is 72.9 cm³/mol. The quantitative estimate of drug-likeness (QED) is 0.884. The zero-order valence-corrected chi connectivity index (χ0v) is 10.7. The SMILES string of the molecule is CC(O)(C(=O)O)c1ccccc1Cc1ccccc1. The van der Waals surface area contributed by atoms with E-state index in [1.165, 1.54) is 6.92 Å². The van der Waals surface area contributed by atoms with E-state index in [-0.39, 0.29) is 0 Å². The fourth-order valence-electron chi connectivity index (χ4n) is 2.08. The number of hydrogen-bond donors (Lipinski definition) is 2. The standard InChI is InChI=1S/C16H16O3/c1-16(19,15(17)18)14-10-6-5-9-13(14)11-12-7-3-2-4-8-12/h2-10,19H,11H2,1H3,(H,17,18). The van der Waals surface area contributed by atoms with Crippen LogP contribution < -0.4 is 0 Å². The minimum atomic E-state index is -1.87. The summed E-state index contributed by atoms with van der Waals surface area (Å²) in [4.78, 5) is 11.2. The number of hydrogen-bond acceptors (Lipinski definition) is 2. The minimum absolute atomic E-state index is 0.436. The number of carboxylic acids is 1. The Morgan fingerprint density at radius 2 is 1.63 bits per heavy atom. The molecular formula is C16H16O3. The van der Waals surface area contributed by atoms with Crippen molar-refractivity contribution >= 4 is 5.97 Å². The van der Waals surface area contributed by atoms with Crippen LogP contribution in [0.1, 0.15) is 23.6 Å². The number of aliphatic hydroxyl groups is 1. The van der Waals surface area contributed by atoms with E-state index in [2.05, 4.69) is 0 Å². The van der Waals surface area contributed by atoms with Crippen molar-refractivity contribution in [2.75, 3.05) is 0 Å². The van der Waals surface area contributed by atoms with Gasteiger partial charge in [0.2, 0.25) is 0 Å². The lowest BCUT2D eigenvalue weighted by Gasteiger charge is -2.21. The molecule has 0 aromatic heterocycles. The highest BCUT2D eigenvalue weighted by Gasteiger charge is 2.33. The highest BCUT2D eigenvalue weighted by Crippen LogP contribution is 2.26. The van der Waals surface area contributed by atoms with Gasteiger partial charge in [-0.25, -0.2) is 4.79 Å². The van der Waals surface area contributed by atoms with E-state index in [1.54, 1.807) is 12.1 Å². The zero-order chi connectivity index (χ0) is 13.9. The van der Waals surface area contributed by atoms with Crippen LogP contribution in [0.25, 0.3) is 0 Å². The van der Waals surface area contributed by atoms with E-state index in [4.69, 9.17) is 5.11 Å². The van der Waals surface area contributed by atoms with Gasteiger partial charge in [0, 0.05) is 0 Å². The molecule has 2 aromatic carbocycles. The molecule has 19 heavy (non-hydrogen) atoms. The zero-order valence-electron chi connectivity index (χ0n) is 10.7. The highest BCUT2D eigenvalue weighted by atomic mass is 16.4. The van der Waals surface area contributed by atoms with Gasteiger partial charge in [0.05, 0.1) is 0 Å². The predicted octanol–water partition coefficient (Wildman–Crippen LogP) is 2.57. The molecule has 3 heteroatoms. The minimum Gasteiger partial charge on any atom is -0.479 e. The molecule has 2 rings (SSSR count). The van der Waals surface area contributed by atoms with E-state index < -0.39 is 11.6 Å². The summed E-state index contributed by atoms with van der Waals surface area (Å²) in [5.74, 6) is -1.24. The first-order valence-corrected chi connectivity index (χ1v) is 6.10. The second-order valence-corrected chi connectivity index (χ2v) is 4.70. The molecule has 3 nitrogen and oxygen atoms in total. The summed E-state index contributed by atoms with van der Waals surface area (Å²) in [6.07, 6.45) is 0.598. The normalized spacial score (nSPS) is 13.8. The summed E-state index contributed by atoms with van der Waals surface area (Å²) >= 11 is 0. The Balaban J connectivity index is 2.40. The first-order chi connectivity index (χ1) is 9.01. The van der Waals surface area contributed by atoms with Crippen molar-refractivity contribution in [1.29, 1.82) is 0 Å². The Bertz CT molecular complexity index is 574. The average molecular weight is 256 g/mol. The molecule has 0 spiro atoms. The molecule has 0 aliphatic carbocycles. The number of aliphatic carboxylic acids is 1. The molecule has 0 bridgehead atoms. The van der Waals surface area contributed by atoms with Crippen LogP contribution in [-0.2, 0) is 16.8 Å². The molecule has 0 saturated carbocycles. The topological polar surface area (TPSA) is 57.5 Å². The van der Waals surface area contributed by atoms with E-state index in [1.807, 2.05) is 42.5 Å². The Labute approximate surface area is 112 Å². The van der Waals surface area contributed by atoms with Crippen molar-refractivity contribution in [2.24, 2.45) is 0 Å². The van der Waals surface area contributed by atoms with Crippen molar-refractivity contribution in [1.82, 2.24) is 0 Å². The molecule has 2 N–H and O–H groups in total. The van der Waals surface area contributed by atoms with E-state index >= 15 is 0 Å². The largest absolute Gasteiger partial charge is 0.479 e. The van der Waals surface area contributed by atoms with E-state index in [0.29, 0.717) is 12.0 Å². The van der Waals surface area contributed by atoms with Gasteiger partial charge in [-0.2, -0.15) is 0 Å². The van der Waals surface area contributed by atoms with Gasteiger partial charge in [-0.05, 0) is 30.0 Å². The second-order valence-electron chi connectivity index (χ2n) is 4.70. The number of carbonyl (C=O) groups is 1. The molecule has 1 unspecified atom stereocenters.